The molecule has 2 aliphatic carbocycles. The zero-order valence-electron chi connectivity index (χ0n) is 29.6. The first-order valence-electron chi connectivity index (χ1n) is 18.1. The molecular weight excluding hydrogens is 684 g/mol. The van der Waals surface area contributed by atoms with Crippen LogP contribution in [0.15, 0.2) is 66.7 Å². The molecule has 0 bridgehead atoms. The lowest BCUT2D eigenvalue weighted by molar-refractivity contribution is 0.0646. The first-order valence-corrected chi connectivity index (χ1v) is 20.0. The number of unbranched alkanes of at least 4 members (excludes halogenated alkanes) is 1. The summed E-state index contributed by atoms with van der Waals surface area (Å²) in [7, 11) is -3.85. The van der Waals surface area contributed by atoms with E-state index in [0.717, 1.165) is 44.9 Å². The largest absolute Gasteiger partial charge is 0.490 e. The molecule has 3 aromatic carbocycles. The van der Waals surface area contributed by atoms with Crippen molar-refractivity contribution in [3.05, 3.63) is 94.0 Å². The van der Waals surface area contributed by atoms with Gasteiger partial charge in [-0.05, 0) is 112 Å². The second-order valence-corrected chi connectivity index (χ2v) is 17.4. The summed E-state index contributed by atoms with van der Waals surface area (Å²) in [5, 5.41) is 13.9. The lowest BCUT2D eigenvalue weighted by Gasteiger charge is -2.49. The van der Waals surface area contributed by atoms with E-state index < -0.39 is 26.7 Å². The number of hydrogen-bond donors (Lipinski definition) is 2. The van der Waals surface area contributed by atoms with Gasteiger partial charge in [0.05, 0.1) is 23.6 Å². The highest BCUT2D eigenvalue weighted by atomic mass is 35.5. The number of sulfonamides is 1. The molecule has 0 aromatic heterocycles. The molecule has 51 heavy (non-hydrogen) atoms. The van der Waals surface area contributed by atoms with Gasteiger partial charge in [0.2, 0.25) is 10.0 Å². The van der Waals surface area contributed by atoms with Crippen molar-refractivity contribution < 1.29 is 22.7 Å². The molecule has 2 amide bonds. The van der Waals surface area contributed by atoms with Crippen LogP contribution in [0.5, 0.6) is 5.75 Å². The van der Waals surface area contributed by atoms with E-state index in [0.29, 0.717) is 48.1 Å². The number of nitrogens with zero attached hydrogens (tertiary/aromatic N) is 2. The Morgan fingerprint density at radius 3 is 2.55 bits per heavy atom. The molecule has 4 atom stereocenters. The zero-order valence-corrected chi connectivity index (χ0v) is 31.2. The fourth-order valence-corrected chi connectivity index (χ4v) is 8.91. The Bertz CT molecular complexity index is 1930. The first-order chi connectivity index (χ1) is 24.4. The van der Waals surface area contributed by atoms with Crippen LogP contribution in [0.25, 0.3) is 0 Å². The Morgan fingerprint density at radius 1 is 1.08 bits per heavy atom. The molecule has 9 nitrogen and oxygen atoms in total. The quantitative estimate of drug-likeness (QED) is 0.214. The smallest absolute Gasteiger partial charge is 0.264 e. The number of nitriles is 1. The maximum atomic E-state index is 13.5. The predicted octanol–water partition coefficient (Wildman–Crippen LogP) is 7.19. The second kappa shape index (κ2) is 14.9. The predicted molar refractivity (Wildman–Crippen MR) is 200 cm³/mol. The van der Waals surface area contributed by atoms with Crippen molar-refractivity contribution in [1.29, 1.82) is 5.26 Å². The zero-order chi connectivity index (χ0) is 36.4. The molecule has 11 heteroatoms. The van der Waals surface area contributed by atoms with E-state index in [-0.39, 0.29) is 28.7 Å². The summed E-state index contributed by atoms with van der Waals surface area (Å²) in [4.78, 5) is 29.1. The van der Waals surface area contributed by atoms with Crippen LogP contribution < -0.4 is 19.7 Å². The van der Waals surface area contributed by atoms with E-state index in [1.165, 1.54) is 25.0 Å². The van der Waals surface area contributed by atoms with Crippen molar-refractivity contribution >= 4 is 39.1 Å². The lowest BCUT2D eigenvalue weighted by Crippen LogP contribution is -2.59. The van der Waals surface area contributed by atoms with Gasteiger partial charge >= 0.3 is 0 Å². The van der Waals surface area contributed by atoms with Crippen molar-refractivity contribution in [2.75, 3.05) is 24.6 Å². The van der Waals surface area contributed by atoms with Gasteiger partial charge in [0, 0.05) is 40.6 Å². The standard InChI is InChI=1S/C40H47ClN4O5S/c1-4-5-20-40(24-42,43-37(46)28-10-7-6-8-11-28)34-16-13-31(34)23-45-25-39(19-9-12-29-21-32(41)15-17-33(29)39)26-50-36-18-14-30(22-35(36)45)38(47)44-51(48,49)27(2)3/h6-8,10-11,14-15,17-18,21-22,27,31,34H,4-5,9,12-13,16,19-20,23,25-26H2,1-3H3,(H,43,46)(H,44,47)/t31-,34+,39-,40+/m0/s1. The monoisotopic (exact) mass is 730 g/mol. The summed E-state index contributed by atoms with van der Waals surface area (Å²) in [5.41, 5.74) is 2.44. The van der Waals surface area contributed by atoms with Gasteiger partial charge in [-0.15, -0.1) is 0 Å². The molecule has 1 aliphatic heterocycles. The van der Waals surface area contributed by atoms with Gasteiger partial charge in [0.15, 0.2) is 0 Å². The summed E-state index contributed by atoms with van der Waals surface area (Å²) >= 11 is 6.45. The molecule has 6 rings (SSSR count). The van der Waals surface area contributed by atoms with Crippen molar-refractivity contribution in [3.8, 4) is 11.8 Å². The van der Waals surface area contributed by atoms with Crippen LogP contribution in [-0.4, -0.2) is 50.7 Å². The fourth-order valence-electron chi connectivity index (χ4n) is 8.11. The van der Waals surface area contributed by atoms with Crippen LogP contribution in [0.4, 0.5) is 5.69 Å². The molecule has 1 heterocycles. The normalized spacial score (nSPS) is 22.3. The third-order valence-corrected chi connectivity index (χ3v) is 13.1. The number of hydrogen-bond acceptors (Lipinski definition) is 7. The number of halogens is 1. The van der Waals surface area contributed by atoms with Crippen molar-refractivity contribution in [3.63, 3.8) is 0 Å². The maximum Gasteiger partial charge on any atom is 0.264 e. The van der Waals surface area contributed by atoms with Crippen LogP contribution in [0.1, 0.15) is 97.6 Å². The summed E-state index contributed by atoms with van der Waals surface area (Å²) in [6.45, 7) is 6.72. The van der Waals surface area contributed by atoms with E-state index in [4.69, 9.17) is 16.3 Å². The van der Waals surface area contributed by atoms with Crippen molar-refractivity contribution in [1.82, 2.24) is 10.0 Å². The van der Waals surface area contributed by atoms with Gasteiger partial charge in [0.1, 0.15) is 11.3 Å². The minimum atomic E-state index is -3.85. The SMILES string of the molecule is CCCC[C@](C#N)(NC(=O)c1ccccc1)[C@@H]1CC[C@H]1CN1C[C@@]2(CCCc3cc(Cl)ccc32)COc2ccc(C(=O)NS(=O)(=O)C(C)C)cc21. The molecule has 1 fully saturated rings. The van der Waals surface area contributed by atoms with Crippen molar-refractivity contribution in [2.24, 2.45) is 11.8 Å². The maximum absolute atomic E-state index is 13.5. The van der Waals surface area contributed by atoms with Crippen molar-refractivity contribution in [2.45, 2.75) is 88.3 Å². The van der Waals surface area contributed by atoms with Gasteiger partial charge in [-0.3, -0.25) is 9.59 Å². The summed E-state index contributed by atoms with van der Waals surface area (Å²) in [5.74, 6) is -0.368. The number of aryl methyl sites for hydroxylation is 1. The van der Waals surface area contributed by atoms with E-state index >= 15 is 0 Å². The Labute approximate surface area is 306 Å². The molecule has 3 aromatic rings. The molecule has 1 spiro atoms. The topological polar surface area (TPSA) is 129 Å². The molecular formula is C40H47ClN4O5S. The van der Waals surface area contributed by atoms with Crippen LogP contribution in [-0.2, 0) is 21.9 Å². The van der Waals surface area contributed by atoms with Gasteiger partial charge < -0.3 is 15.0 Å². The van der Waals surface area contributed by atoms with Gasteiger partial charge in [-0.25, -0.2) is 13.1 Å². The van der Waals surface area contributed by atoms with Gasteiger partial charge in [-0.2, -0.15) is 5.26 Å². The minimum absolute atomic E-state index is 0.0626. The summed E-state index contributed by atoms with van der Waals surface area (Å²) < 4.78 is 34.1. The van der Waals surface area contributed by atoms with E-state index in [1.54, 1.807) is 30.3 Å². The number of rotatable bonds is 11. The number of fused-ring (bicyclic) bond motifs is 3. The summed E-state index contributed by atoms with van der Waals surface area (Å²) in [6.07, 6.45) is 6.70. The number of amides is 2. The number of ether oxygens (including phenoxy) is 1. The molecule has 2 N–H and O–H groups in total. The molecule has 1 saturated carbocycles. The van der Waals surface area contributed by atoms with E-state index in [9.17, 15) is 23.3 Å². The average Bonchev–Trinajstić information content (AvgIpc) is 3.25. The highest BCUT2D eigenvalue weighted by Crippen LogP contribution is 2.48. The Morgan fingerprint density at radius 2 is 1.86 bits per heavy atom. The molecule has 0 saturated heterocycles. The van der Waals surface area contributed by atoms with Gasteiger partial charge in [-0.1, -0.05) is 55.6 Å². The highest BCUT2D eigenvalue weighted by Gasteiger charge is 2.50. The lowest BCUT2D eigenvalue weighted by atomic mass is 9.61. The van der Waals surface area contributed by atoms with Gasteiger partial charge in [0.25, 0.3) is 11.8 Å². The molecule has 0 radical (unpaired) electrons. The Kier molecular flexibility index (Phi) is 10.7. The van der Waals surface area contributed by atoms with Crippen LogP contribution >= 0.6 is 11.6 Å². The number of anilines is 1. The fraction of sp³-hybridized carbons (Fsp3) is 0.475. The number of nitrogens with one attached hydrogen (secondary N) is 2. The Hall–Kier alpha value is -4.07. The summed E-state index contributed by atoms with van der Waals surface area (Å²) in [6, 6.07) is 22.8. The number of carbonyl (C=O) groups excluding carboxylic acids is 2. The average molecular weight is 731 g/mol. The minimum Gasteiger partial charge on any atom is -0.490 e. The molecule has 0 unspecified atom stereocenters. The molecule has 270 valence electrons. The third-order valence-electron chi connectivity index (χ3n) is 11.2. The second-order valence-electron chi connectivity index (χ2n) is 14.8. The Balaban J connectivity index is 1.37. The molecule has 3 aliphatic rings. The third kappa shape index (κ3) is 7.47. The van der Waals surface area contributed by atoms with Crippen LogP contribution in [0.3, 0.4) is 0 Å². The van der Waals surface area contributed by atoms with E-state index in [1.807, 2.05) is 30.3 Å². The van der Waals surface area contributed by atoms with E-state index in [2.05, 4.69) is 34.0 Å². The highest BCUT2D eigenvalue weighted by molar-refractivity contribution is 7.90. The number of carbonyl (C=O) groups is 2. The number of benzene rings is 3. The van der Waals surface area contributed by atoms with Crippen LogP contribution in [0, 0.1) is 23.2 Å². The first kappa shape index (κ1) is 36.7. The van der Waals surface area contributed by atoms with Crippen LogP contribution in [0.2, 0.25) is 5.02 Å².